The van der Waals surface area contributed by atoms with Gasteiger partial charge in [0.2, 0.25) is 0 Å². The summed E-state index contributed by atoms with van der Waals surface area (Å²) < 4.78 is 34.5. The number of hydrogen-bond donors (Lipinski definition) is 1. The van der Waals surface area contributed by atoms with E-state index in [1.807, 2.05) is 44.2 Å². The van der Waals surface area contributed by atoms with Gasteiger partial charge in [-0.05, 0) is 38.1 Å². The number of benzene rings is 2. The molecule has 4 unspecified atom stereocenters. The molecule has 9 heteroatoms. The summed E-state index contributed by atoms with van der Waals surface area (Å²) in [6, 6.07) is 16.1. The molecule has 6 rings (SSSR count). The van der Waals surface area contributed by atoms with Crippen LogP contribution >= 0.6 is 0 Å². The van der Waals surface area contributed by atoms with Crippen LogP contribution in [0.5, 0.6) is 0 Å². The molecule has 4 heterocycles. The van der Waals surface area contributed by atoms with Crippen LogP contribution in [0.25, 0.3) is 11.2 Å². The van der Waals surface area contributed by atoms with Gasteiger partial charge in [0.05, 0.1) is 11.9 Å². The van der Waals surface area contributed by atoms with Crippen molar-refractivity contribution in [3.8, 4) is 11.8 Å². The van der Waals surface area contributed by atoms with Gasteiger partial charge in [-0.15, -0.1) is 0 Å². The normalized spacial score (nSPS) is 24.7. The van der Waals surface area contributed by atoms with Crippen molar-refractivity contribution in [2.75, 3.05) is 5.32 Å². The van der Waals surface area contributed by atoms with E-state index in [4.69, 9.17) is 14.2 Å². The number of halogens is 1. The van der Waals surface area contributed by atoms with Crippen LogP contribution in [0.3, 0.4) is 0 Å². The average Bonchev–Trinajstić information content (AvgIpc) is 3.51. The van der Waals surface area contributed by atoms with Crippen LogP contribution in [0.4, 0.5) is 15.9 Å². The molecule has 0 bridgehead atoms. The lowest BCUT2D eigenvalue weighted by molar-refractivity contribution is -0.190. The molecule has 2 fully saturated rings. The third kappa shape index (κ3) is 4.02. The molecule has 4 atom stereocenters. The van der Waals surface area contributed by atoms with Crippen molar-refractivity contribution in [1.82, 2.24) is 19.5 Å². The number of anilines is 2. The molecule has 0 radical (unpaired) electrons. The minimum Gasteiger partial charge on any atom is -0.341 e. The van der Waals surface area contributed by atoms with Gasteiger partial charge in [0.1, 0.15) is 30.5 Å². The molecule has 2 saturated heterocycles. The Morgan fingerprint density at radius 1 is 0.971 bits per heavy atom. The first-order chi connectivity index (χ1) is 17.0. The molecule has 4 aromatic rings. The second-order valence-corrected chi connectivity index (χ2v) is 8.80. The quantitative estimate of drug-likeness (QED) is 0.449. The highest BCUT2D eigenvalue weighted by Crippen LogP contribution is 2.43. The number of aromatic nitrogens is 4. The van der Waals surface area contributed by atoms with E-state index in [-0.39, 0.29) is 5.82 Å². The van der Waals surface area contributed by atoms with Crippen molar-refractivity contribution >= 4 is 22.7 Å². The van der Waals surface area contributed by atoms with Gasteiger partial charge in [-0.1, -0.05) is 42.2 Å². The summed E-state index contributed by atoms with van der Waals surface area (Å²) in [6.07, 6.45) is 0.986. The largest absolute Gasteiger partial charge is 0.341 e. The number of hydrogen-bond acceptors (Lipinski definition) is 7. The third-order valence-corrected chi connectivity index (χ3v) is 5.92. The summed E-state index contributed by atoms with van der Waals surface area (Å²) in [5.41, 5.74) is 2.36. The molecule has 8 nitrogen and oxygen atoms in total. The van der Waals surface area contributed by atoms with E-state index < -0.39 is 30.3 Å². The van der Waals surface area contributed by atoms with Gasteiger partial charge in [0.25, 0.3) is 0 Å². The fourth-order valence-corrected chi connectivity index (χ4v) is 4.42. The summed E-state index contributed by atoms with van der Waals surface area (Å²) in [5, 5.41) is 3.28. The topological polar surface area (TPSA) is 83.3 Å². The Labute approximate surface area is 201 Å². The van der Waals surface area contributed by atoms with E-state index in [0.29, 0.717) is 22.5 Å². The smallest absolute Gasteiger partial charge is 0.167 e. The second kappa shape index (κ2) is 8.43. The molecule has 2 aromatic carbocycles. The molecule has 0 saturated carbocycles. The standard InChI is InChI=1S/C26H22FN5O3/c1-26(2)34-21-19(13-12-16-8-6-7-11-18(16)27)33-25(22(21)35-26)32-15-30-20-23(28-14-29-24(20)32)31-17-9-4-3-5-10-17/h3-11,14-15,19,21-22,25H,1-2H3,(H,28,29,31). The molecule has 0 spiro atoms. The molecule has 176 valence electrons. The summed E-state index contributed by atoms with van der Waals surface area (Å²) >= 11 is 0. The predicted molar refractivity (Wildman–Crippen MR) is 126 cm³/mol. The van der Waals surface area contributed by atoms with Crippen LogP contribution in [0.2, 0.25) is 0 Å². The van der Waals surface area contributed by atoms with Crippen molar-refractivity contribution in [1.29, 1.82) is 0 Å². The molecule has 2 aliphatic heterocycles. The van der Waals surface area contributed by atoms with E-state index in [2.05, 4.69) is 32.1 Å². The highest BCUT2D eigenvalue weighted by atomic mass is 19.1. The molecular formula is C26H22FN5O3. The molecule has 1 N–H and O–H groups in total. The van der Waals surface area contributed by atoms with Gasteiger partial charge in [-0.3, -0.25) is 4.57 Å². The van der Waals surface area contributed by atoms with Crippen LogP contribution in [0.1, 0.15) is 25.6 Å². The van der Waals surface area contributed by atoms with Gasteiger partial charge < -0.3 is 19.5 Å². The van der Waals surface area contributed by atoms with Crippen molar-refractivity contribution in [3.63, 3.8) is 0 Å². The second-order valence-electron chi connectivity index (χ2n) is 8.80. The zero-order valence-corrected chi connectivity index (χ0v) is 19.1. The van der Waals surface area contributed by atoms with Gasteiger partial charge in [-0.2, -0.15) is 0 Å². The summed E-state index contributed by atoms with van der Waals surface area (Å²) in [5.74, 6) is 5.30. The van der Waals surface area contributed by atoms with Crippen LogP contribution in [0.15, 0.2) is 67.3 Å². The maximum atomic E-state index is 14.1. The maximum absolute atomic E-state index is 14.1. The number of para-hydroxylation sites is 1. The van der Waals surface area contributed by atoms with Crippen LogP contribution in [-0.4, -0.2) is 43.6 Å². The van der Waals surface area contributed by atoms with E-state index in [9.17, 15) is 4.39 Å². The minimum atomic E-state index is -0.819. The van der Waals surface area contributed by atoms with Crippen molar-refractivity contribution in [2.45, 2.75) is 44.2 Å². The summed E-state index contributed by atoms with van der Waals surface area (Å²) in [6.45, 7) is 3.69. The molecule has 0 aliphatic carbocycles. The van der Waals surface area contributed by atoms with Gasteiger partial charge in [0, 0.05) is 5.69 Å². The van der Waals surface area contributed by atoms with Crippen molar-refractivity contribution in [3.05, 3.63) is 78.6 Å². The zero-order chi connectivity index (χ0) is 24.0. The van der Waals surface area contributed by atoms with E-state index in [1.165, 1.54) is 12.4 Å². The molecular weight excluding hydrogens is 449 g/mol. The number of rotatable bonds is 3. The lowest BCUT2D eigenvalue weighted by Crippen LogP contribution is -2.28. The molecule has 0 amide bonds. The van der Waals surface area contributed by atoms with E-state index >= 15 is 0 Å². The van der Waals surface area contributed by atoms with Crippen LogP contribution in [-0.2, 0) is 14.2 Å². The highest BCUT2D eigenvalue weighted by Gasteiger charge is 2.56. The molecule has 35 heavy (non-hydrogen) atoms. The maximum Gasteiger partial charge on any atom is 0.167 e. The Bertz CT molecular complexity index is 1450. The molecule has 2 aromatic heterocycles. The first-order valence-corrected chi connectivity index (χ1v) is 11.3. The Morgan fingerprint density at radius 3 is 2.57 bits per heavy atom. The van der Waals surface area contributed by atoms with E-state index in [1.54, 1.807) is 29.1 Å². The first kappa shape index (κ1) is 21.7. The fourth-order valence-electron chi connectivity index (χ4n) is 4.42. The van der Waals surface area contributed by atoms with E-state index in [0.717, 1.165) is 5.69 Å². The number of ether oxygens (including phenoxy) is 3. The lowest BCUT2D eigenvalue weighted by Gasteiger charge is -2.23. The average molecular weight is 471 g/mol. The Hall–Kier alpha value is -3.84. The fraction of sp³-hybridized carbons (Fsp3) is 0.269. The first-order valence-electron chi connectivity index (χ1n) is 11.3. The summed E-state index contributed by atoms with van der Waals surface area (Å²) in [4.78, 5) is 13.4. The summed E-state index contributed by atoms with van der Waals surface area (Å²) in [7, 11) is 0. The van der Waals surface area contributed by atoms with Gasteiger partial charge in [0.15, 0.2) is 29.0 Å². The zero-order valence-electron chi connectivity index (χ0n) is 19.1. The number of imidazole rings is 1. The predicted octanol–water partition coefficient (Wildman–Crippen LogP) is 4.18. The number of nitrogens with zero attached hydrogens (tertiary/aromatic N) is 4. The Kier molecular flexibility index (Phi) is 5.22. The Morgan fingerprint density at radius 2 is 1.74 bits per heavy atom. The third-order valence-electron chi connectivity index (χ3n) is 5.92. The van der Waals surface area contributed by atoms with Crippen LogP contribution in [0, 0.1) is 17.7 Å². The Balaban J connectivity index is 1.35. The monoisotopic (exact) mass is 471 g/mol. The lowest BCUT2D eigenvalue weighted by atomic mass is 10.1. The number of fused-ring (bicyclic) bond motifs is 2. The SMILES string of the molecule is CC1(C)OC2C(C#Cc3ccccc3F)OC(n3cnc4c(Nc5ccccc5)ncnc43)C2O1. The minimum absolute atomic E-state index is 0.298. The van der Waals surface area contributed by atoms with Crippen molar-refractivity contribution < 1.29 is 18.6 Å². The molecule has 2 aliphatic rings. The highest BCUT2D eigenvalue weighted by molar-refractivity contribution is 5.85. The van der Waals surface area contributed by atoms with Crippen LogP contribution < -0.4 is 5.32 Å². The number of nitrogens with one attached hydrogen (secondary N) is 1. The van der Waals surface area contributed by atoms with Gasteiger partial charge >= 0.3 is 0 Å². The van der Waals surface area contributed by atoms with Gasteiger partial charge in [-0.25, -0.2) is 19.3 Å². The van der Waals surface area contributed by atoms with Crippen molar-refractivity contribution in [2.24, 2.45) is 0 Å².